The Bertz CT molecular complexity index is 436. The van der Waals surface area contributed by atoms with Gasteiger partial charge in [-0.15, -0.1) is 4.52 Å². The summed E-state index contributed by atoms with van der Waals surface area (Å²) in [5, 5.41) is 18.3. The van der Waals surface area contributed by atoms with Crippen LogP contribution in [0.2, 0.25) is 0 Å². The van der Waals surface area contributed by atoms with Crippen molar-refractivity contribution in [1.29, 1.82) is 0 Å². The van der Waals surface area contributed by atoms with Crippen LogP contribution in [-0.2, 0) is 0 Å². The normalized spacial score (nSPS) is 10.3. The highest BCUT2D eigenvalue weighted by atomic mass is 16.4. The van der Waals surface area contributed by atoms with E-state index in [9.17, 15) is 4.79 Å². The van der Waals surface area contributed by atoms with Crippen LogP contribution >= 0.6 is 0 Å². The fourth-order valence-corrected chi connectivity index (χ4v) is 0.903. The molecule has 2 N–H and O–H groups in total. The smallest absolute Gasteiger partial charge is 0.338 e. The molecule has 6 nitrogen and oxygen atoms in total. The molecule has 0 aliphatic carbocycles. The lowest BCUT2D eigenvalue weighted by atomic mass is 10.3. The van der Waals surface area contributed by atoms with Crippen molar-refractivity contribution in [2.24, 2.45) is 0 Å². The highest BCUT2D eigenvalue weighted by molar-refractivity contribution is 5.86. The number of hydrogen-bond donors (Lipinski definition) is 2. The van der Waals surface area contributed by atoms with Gasteiger partial charge in [-0.05, 0) is 6.07 Å². The molecule has 0 fully saturated rings. The van der Waals surface area contributed by atoms with Crippen LogP contribution in [0.5, 0.6) is 0 Å². The van der Waals surface area contributed by atoms with E-state index in [0.29, 0.717) is 5.65 Å². The van der Waals surface area contributed by atoms with E-state index in [2.05, 4.69) is 15.5 Å². The summed E-state index contributed by atoms with van der Waals surface area (Å²) in [7, 11) is 0. The number of rotatable bonds is 1. The zero-order chi connectivity index (χ0) is 8.55. The van der Waals surface area contributed by atoms with Gasteiger partial charge in [-0.2, -0.15) is 0 Å². The molecule has 0 radical (unpaired) electrons. The van der Waals surface area contributed by atoms with Gasteiger partial charge >= 0.3 is 11.6 Å². The van der Waals surface area contributed by atoms with Gasteiger partial charge in [0.2, 0.25) is 0 Å². The first-order valence-corrected chi connectivity index (χ1v) is 3.23. The van der Waals surface area contributed by atoms with E-state index in [1.165, 1.54) is 16.8 Å². The van der Waals surface area contributed by atoms with Crippen molar-refractivity contribution in [3.05, 3.63) is 23.9 Å². The van der Waals surface area contributed by atoms with Crippen LogP contribution in [-0.4, -0.2) is 26.6 Å². The number of hydrogen-bond acceptors (Lipinski definition) is 3. The molecule has 2 heterocycles. The quantitative estimate of drug-likeness (QED) is 0.544. The number of aromatic amines is 1. The molecule has 2 aromatic rings. The number of nitrogens with one attached hydrogen (secondary N) is 1. The molecule has 6 heteroatoms. The lowest BCUT2D eigenvalue weighted by molar-refractivity contribution is -0.582. The van der Waals surface area contributed by atoms with Crippen molar-refractivity contribution in [1.82, 2.24) is 15.5 Å². The highest BCUT2D eigenvalue weighted by Crippen LogP contribution is 1.95. The molecule has 60 valence electrons. The Hall–Kier alpha value is -1.98. The molecule has 0 spiro atoms. The molecule has 0 unspecified atom stereocenters. The summed E-state index contributed by atoms with van der Waals surface area (Å²) in [4.78, 5) is 10.5. The molecule has 12 heavy (non-hydrogen) atoms. The van der Waals surface area contributed by atoms with E-state index >= 15 is 0 Å². The van der Waals surface area contributed by atoms with E-state index in [0.717, 1.165) is 0 Å². The number of pyridine rings is 1. The number of carboxylic acid groups (broad SMARTS) is 1. The minimum absolute atomic E-state index is 0.193. The van der Waals surface area contributed by atoms with Gasteiger partial charge in [-0.3, -0.25) is 0 Å². The van der Waals surface area contributed by atoms with Crippen molar-refractivity contribution in [2.45, 2.75) is 0 Å². The lowest BCUT2D eigenvalue weighted by Crippen LogP contribution is -2.24. The third-order valence-electron chi connectivity index (χ3n) is 1.48. The molecular weight excluding hydrogens is 160 g/mol. The van der Waals surface area contributed by atoms with Gasteiger partial charge in [0.1, 0.15) is 11.3 Å². The first-order chi connectivity index (χ1) is 5.77. The van der Waals surface area contributed by atoms with Crippen molar-refractivity contribution in [3.63, 3.8) is 0 Å². The minimum atomic E-state index is -0.973. The summed E-state index contributed by atoms with van der Waals surface area (Å²) in [6, 6.07) is 3.05. The summed E-state index contributed by atoms with van der Waals surface area (Å²) in [6.45, 7) is 0. The molecule has 0 aliphatic heterocycles. The molecule has 2 aromatic heterocycles. The third kappa shape index (κ3) is 0.895. The first kappa shape index (κ1) is 6.71. The second-order valence-corrected chi connectivity index (χ2v) is 2.25. The maximum absolute atomic E-state index is 10.5. The number of carbonyl (C=O) groups is 1. The van der Waals surface area contributed by atoms with E-state index in [-0.39, 0.29) is 5.56 Å². The Morgan fingerprint density at radius 2 is 2.42 bits per heavy atom. The van der Waals surface area contributed by atoms with Crippen LogP contribution in [0.25, 0.3) is 5.65 Å². The first-order valence-electron chi connectivity index (χ1n) is 3.23. The van der Waals surface area contributed by atoms with Gasteiger partial charge in [0.05, 0.1) is 5.56 Å². The molecular formula is C6H5N4O2+. The topological polar surface area (TPSA) is 83.0 Å². The predicted octanol–water partition coefficient (Wildman–Crippen LogP) is -0.758. The number of carboxylic acids is 1. The summed E-state index contributed by atoms with van der Waals surface area (Å²) in [5.41, 5.74) is 0.776. The van der Waals surface area contributed by atoms with Gasteiger partial charge in [-0.25, -0.2) is 4.79 Å². The van der Waals surface area contributed by atoms with Gasteiger partial charge < -0.3 is 5.11 Å². The Balaban J connectivity index is 2.68. The number of fused-ring (bicyclic) bond motifs is 1. The lowest BCUT2D eigenvalue weighted by Gasteiger charge is -1.88. The van der Waals surface area contributed by atoms with Crippen molar-refractivity contribution in [2.75, 3.05) is 0 Å². The Labute approximate surface area is 66.4 Å². The average Bonchev–Trinajstić information content (AvgIpc) is 2.49. The summed E-state index contributed by atoms with van der Waals surface area (Å²) in [6.07, 6.45) is 1.41. The second-order valence-electron chi connectivity index (χ2n) is 2.25. The minimum Gasteiger partial charge on any atom is -0.478 e. The summed E-state index contributed by atoms with van der Waals surface area (Å²) in [5.74, 6) is -0.973. The largest absolute Gasteiger partial charge is 0.478 e. The van der Waals surface area contributed by atoms with Crippen molar-refractivity contribution >= 4 is 11.6 Å². The molecule has 2 rings (SSSR count). The number of H-pyrrole nitrogens is 1. The number of aromatic carboxylic acids is 1. The van der Waals surface area contributed by atoms with Crippen LogP contribution in [0.15, 0.2) is 18.3 Å². The standard InChI is InChI=1S/C6H4N4O2/c11-6(12)4-1-2-5-7-8-9-10(5)3-4/h1-3H,(H,11,12)/p+1. The van der Waals surface area contributed by atoms with Gasteiger partial charge in [0.25, 0.3) is 0 Å². The molecule has 0 aliphatic rings. The number of aromatic nitrogens is 4. The summed E-state index contributed by atoms with van der Waals surface area (Å²) >= 11 is 0. The maximum Gasteiger partial charge on any atom is 0.338 e. The number of tetrazole rings is 1. The van der Waals surface area contributed by atoms with Crippen LogP contribution in [0, 0.1) is 0 Å². The number of nitrogens with zero attached hydrogens (tertiary/aromatic N) is 3. The van der Waals surface area contributed by atoms with E-state index in [4.69, 9.17) is 5.11 Å². The van der Waals surface area contributed by atoms with Gasteiger partial charge in [-0.1, -0.05) is 5.21 Å². The van der Waals surface area contributed by atoms with Gasteiger partial charge in [0.15, 0.2) is 5.21 Å². The van der Waals surface area contributed by atoms with E-state index < -0.39 is 5.97 Å². The van der Waals surface area contributed by atoms with E-state index in [1.54, 1.807) is 6.07 Å². The van der Waals surface area contributed by atoms with Crippen LogP contribution in [0.3, 0.4) is 0 Å². The van der Waals surface area contributed by atoms with Crippen LogP contribution in [0.4, 0.5) is 0 Å². The molecule has 0 aromatic carbocycles. The Morgan fingerprint density at radius 3 is 3.17 bits per heavy atom. The maximum atomic E-state index is 10.5. The van der Waals surface area contributed by atoms with E-state index in [1.807, 2.05) is 0 Å². The predicted molar refractivity (Wildman–Crippen MR) is 36.5 cm³/mol. The molecule has 0 bridgehead atoms. The average molecular weight is 165 g/mol. The fraction of sp³-hybridized carbons (Fsp3) is 0. The molecule has 0 saturated heterocycles. The zero-order valence-corrected chi connectivity index (χ0v) is 5.93. The van der Waals surface area contributed by atoms with Gasteiger partial charge in [0, 0.05) is 6.07 Å². The molecule has 0 saturated carbocycles. The van der Waals surface area contributed by atoms with Crippen LogP contribution < -0.4 is 4.52 Å². The Kier molecular flexibility index (Phi) is 1.26. The van der Waals surface area contributed by atoms with Crippen LogP contribution in [0.1, 0.15) is 10.4 Å². The Morgan fingerprint density at radius 1 is 1.58 bits per heavy atom. The van der Waals surface area contributed by atoms with Crippen molar-refractivity contribution in [3.8, 4) is 0 Å². The highest BCUT2D eigenvalue weighted by Gasteiger charge is 2.09. The molecule has 0 atom stereocenters. The monoisotopic (exact) mass is 165 g/mol. The zero-order valence-electron chi connectivity index (χ0n) is 5.93. The SMILES string of the molecule is O=C(O)c1ccc2nn[nH][n+]2c1. The third-order valence-corrected chi connectivity index (χ3v) is 1.48. The second kappa shape index (κ2) is 2.26. The van der Waals surface area contributed by atoms with Crippen molar-refractivity contribution < 1.29 is 14.4 Å². The fourth-order valence-electron chi connectivity index (χ4n) is 0.903. The summed E-state index contributed by atoms with van der Waals surface area (Å²) < 4.78 is 1.43. The molecule has 0 amide bonds.